The van der Waals surface area contributed by atoms with Crippen LogP contribution >= 0.6 is 0 Å². The van der Waals surface area contributed by atoms with E-state index in [1.807, 2.05) is 0 Å². The Morgan fingerprint density at radius 1 is 1.80 bits per heavy atom. The molecule has 0 aromatic rings. The number of rotatable bonds is 0. The SMILES string of the molecule is O=[S-](O)=S.[Ni]. The molecule has 0 aromatic heterocycles. The van der Waals surface area contributed by atoms with Crippen molar-refractivity contribution in [2.45, 2.75) is 0 Å². The van der Waals surface area contributed by atoms with Crippen molar-refractivity contribution < 1.29 is 25.3 Å². The van der Waals surface area contributed by atoms with E-state index >= 15 is 0 Å². The van der Waals surface area contributed by atoms with Crippen molar-refractivity contribution in [2.24, 2.45) is 0 Å². The Labute approximate surface area is 46.4 Å². The minimum absolute atomic E-state index is 0. The molecular weight excluding hydrogens is 155 g/mol. The maximum absolute atomic E-state index is 8.93. The Kier molecular flexibility index (Phi) is 8.94. The van der Waals surface area contributed by atoms with Gasteiger partial charge in [-0.3, -0.25) is 0 Å². The molecule has 0 fully saturated rings. The second-order valence-corrected chi connectivity index (χ2v) is 1.51. The van der Waals surface area contributed by atoms with Crippen LogP contribution in [-0.4, -0.2) is 4.55 Å². The van der Waals surface area contributed by atoms with Crippen LogP contribution < -0.4 is 0 Å². The molecule has 0 saturated heterocycles. The summed E-state index contributed by atoms with van der Waals surface area (Å²) in [6.45, 7) is 0. The summed E-state index contributed by atoms with van der Waals surface area (Å²) >= 11 is 3.65. The summed E-state index contributed by atoms with van der Waals surface area (Å²) in [6.07, 6.45) is 0. The summed E-state index contributed by atoms with van der Waals surface area (Å²) in [7, 11) is -2.03. The molecule has 0 aliphatic heterocycles. The molecule has 0 unspecified atom stereocenters. The van der Waals surface area contributed by atoms with Crippen LogP contribution in [-0.2, 0) is 41.5 Å². The van der Waals surface area contributed by atoms with E-state index in [0.717, 1.165) is 0 Å². The van der Waals surface area contributed by atoms with Crippen molar-refractivity contribution >= 4 is 20.8 Å². The molecule has 0 saturated carbocycles. The van der Waals surface area contributed by atoms with E-state index in [2.05, 4.69) is 11.2 Å². The topological polar surface area (TPSA) is 37.3 Å². The van der Waals surface area contributed by atoms with Crippen LogP contribution in [0.2, 0.25) is 0 Å². The van der Waals surface area contributed by atoms with Crippen molar-refractivity contribution in [3.05, 3.63) is 0 Å². The van der Waals surface area contributed by atoms with Gasteiger partial charge < -0.3 is 8.76 Å². The Morgan fingerprint density at radius 2 is 1.80 bits per heavy atom. The molecule has 0 bridgehead atoms. The van der Waals surface area contributed by atoms with Gasteiger partial charge >= 0.3 is 0 Å². The maximum Gasteiger partial charge on any atom is 0 e. The largest absolute Gasteiger partial charge is 0.459 e. The zero-order valence-corrected chi connectivity index (χ0v) is 4.61. The molecule has 0 atom stereocenters. The molecule has 36 valence electrons. The second kappa shape index (κ2) is 4.82. The molecule has 2 nitrogen and oxygen atoms in total. The van der Waals surface area contributed by atoms with Crippen LogP contribution in [0, 0.1) is 0 Å². The van der Waals surface area contributed by atoms with Crippen molar-refractivity contribution in [1.29, 1.82) is 0 Å². The monoisotopic (exact) mass is 155 g/mol. The molecule has 0 spiro atoms. The molecule has 1 N–H and O–H groups in total. The first-order chi connectivity index (χ1) is 1.73. The normalized spacial score (nSPS) is 6.80. The van der Waals surface area contributed by atoms with Gasteiger partial charge in [0, 0.05) is 16.5 Å². The zero-order valence-electron chi connectivity index (χ0n) is 1.99. The van der Waals surface area contributed by atoms with Crippen molar-refractivity contribution in [3.63, 3.8) is 0 Å². The van der Waals surface area contributed by atoms with Gasteiger partial charge in [-0.25, -0.2) is 11.2 Å². The van der Waals surface area contributed by atoms with Crippen LogP contribution in [0.5, 0.6) is 0 Å². The van der Waals surface area contributed by atoms with Gasteiger partial charge in [-0.2, -0.15) is 0 Å². The van der Waals surface area contributed by atoms with Crippen LogP contribution in [0.15, 0.2) is 0 Å². The molecule has 0 amide bonds. The summed E-state index contributed by atoms with van der Waals surface area (Å²) in [5, 5.41) is 0. The van der Waals surface area contributed by atoms with Gasteiger partial charge in [0.05, 0.1) is 0 Å². The Morgan fingerprint density at radius 3 is 1.80 bits per heavy atom. The van der Waals surface area contributed by atoms with Gasteiger partial charge in [-0.15, -0.1) is 0 Å². The van der Waals surface area contributed by atoms with Crippen molar-refractivity contribution in [1.82, 2.24) is 0 Å². The molecular formula is HNiO2S2-. The predicted molar refractivity (Wildman–Crippen MR) is 18.0 cm³/mol. The van der Waals surface area contributed by atoms with E-state index in [1.54, 1.807) is 0 Å². The Bertz CT molecular complexity index is 56.0. The first-order valence-electron chi connectivity index (χ1n) is 0.516. The molecule has 0 heterocycles. The van der Waals surface area contributed by atoms with Crippen molar-refractivity contribution in [2.75, 3.05) is 0 Å². The molecule has 0 radical (unpaired) electrons. The summed E-state index contributed by atoms with van der Waals surface area (Å²) in [6, 6.07) is 0. The average Bonchev–Trinajstić information content (AvgIpc) is 0.811. The summed E-state index contributed by atoms with van der Waals surface area (Å²) in [5.41, 5.74) is 0. The van der Waals surface area contributed by atoms with Gasteiger partial charge in [0.1, 0.15) is 0 Å². The van der Waals surface area contributed by atoms with Gasteiger partial charge in [-0.05, 0) is 0 Å². The van der Waals surface area contributed by atoms with E-state index in [1.165, 1.54) is 0 Å². The summed E-state index contributed by atoms with van der Waals surface area (Å²) < 4.78 is 16.3. The molecule has 0 aliphatic carbocycles. The first-order valence-corrected chi connectivity index (χ1v) is 2.55. The maximum atomic E-state index is 8.93. The van der Waals surface area contributed by atoms with E-state index in [4.69, 9.17) is 8.76 Å². The predicted octanol–water partition coefficient (Wildman–Crippen LogP) is -0.117. The smallest absolute Gasteiger partial charge is 0 e. The third-order valence-corrected chi connectivity index (χ3v) is 0. The van der Waals surface area contributed by atoms with Gasteiger partial charge in [0.15, 0.2) is 0 Å². The number of hydrogen-bond donors (Lipinski definition) is 1. The van der Waals surface area contributed by atoms with Crippen molar-refractivity contribution in [3.8, 4) is 0 Å². The third kappa shape index (κ3) is 56.7. The second-order valence-electron chi connectivity index (χ2n) is 0.217. The molecule has 5 heavy (non-hydrogen) atoms. The van der Waals surface area contributed by atoms with Crippen LogP contribution in [0.4, 0.5) is 0 Å². The summed E-state index contributed by atoms with van der Waals surface area (Å²) in [5.74, 6) is 0. The fourth-order valence-electron chi connectivity index (χ4n) is 0. The van der Waals surface area contributed by atoms with Crippen LogP contribution in [0.25, 0.3) is 0 Å². The van der Waals surface area contributed by atoms with Gasteiger partial charge in [0.2, 0.25) is 0 Å². The standard InChI is InChI=1S/Ni.HO2S2/c;1-4(2)3/h;(H,1,2,3)/q;-1. The van der Waals surface area contributed by atoms with E-state index in [-0.39, 0.29) is 16.5 Å². The molecule has 0 aliphatic rings. The Balaban J connectivity index is 0. The molecule has 5 heteroatoms. The average molecular weight is 156 g/mol. The number of hydrogen-bond acceptors (Lipinski definition) is 3. The van der Waals surface area contributed by atoms with E-state index in [9.17, 15) is 0 Å². The Hall–Kier alpha value is 0.824. The van der Waals surface area contributed by atoms with Gasteiger partial charge in [0.25, 0.3) is 0 Å². The summed E-state index contributed by atoms with van der Waals surface area (Å²) in [4.78, 5) is 0. The minimum atomic E-state index is -2.03. The van der Waals surface area contributed by atoms with Crippen LogP contribution in [0.3, 0.4) is 0 Å². The minimum Gasteiger partial charge on any atom is -0.459 e. The zero-order chi connectivity index (χ0) is 3.58. The van der Waals surface area contributed by atoms with E-state index < -0.39 is 9.64 Å². The fourth-order valence-corrected chi connectivity index (χ4v) is 0. The van der Waals surface area contributed by atoms with E-state index in [0.29, 0.717) is 0 Å². The molecule has 0 rings (SSSR count). The van der Waals surface area contributed by atoms with Crippen LogP contribution in [0.1, 0.15) is 0 Å². The molecule has 0 aromatic carbocycles. The quantitative estimate of drug-likeness (QED) is 0.301. The first kappa shape index (κ1) is 9.27. The fraction of sp³-hybridized carbons (Fsp3) is 0. The third-order valence-electron chi connectivity index (χ3n) is 0. The van der Waals surface area contributed by atoms with Gasteiger partial charge in [-0.1, -0.05) is 9.64 Å².